The predicted octanol–water partition coefficient (Wildman–Crippen LogP) is 6.95. The molecule has 0 saturated carbocycles. The lowest BCUT2D eigenvalue weighted by atomic mass is 10.2. The molecule has 1 fully saturated rings. The average molecular weight is 488 g/mol. The summed E-state index contributed by atoms with van der Waals surface area (Å²) in [7, 11) is 0. The number of carbonyl (C=O) groups is 2. The maximum Gasteiger partial charge on any atom is 0.293 e. The Kier molecular flexibility index (Phi) is 6.84. The van der Waals surface area contributed by atoms with Gasteiger partial charge in [-0.05, 0) is 70.9 Å². The first kappa shape index (κ1) is 22.4. The fourth-order valence-electron chi connectivity index (χ4n) is 3.05. The Morgan fingerprint density at radius 2 is 1.78 bits per heavy atom. The third-order valence-corrected chi connectivity index (χ3v) is 6.19. The highest BCUT2D eigenvalue weighted by molar-refractivity contribution is 8.18. The molecule has 1 aliphatic heterocycles. The second-order valence-electron chi connectivity index (χ2n) is 6.99. The van der Waals surface area contributed by atoms with Gasteiger partial charge < -0.3 is 4.74 Å². The Morgan fingerprint density at radius 3 is 2.53 bits per heavy atom. The third kappa shape index (κ3) is 5.33. The van der Waals surface area contributed by atoms with Crippen LogP contribution in [-0.2, 0) is 17.9 Å². The van der Waals surface area contributed by atoms with Crippen molar-refractivity contribution in [3.05, 3.63) is 104 Å². The molecule has 2 amide bonds. The summed E-state index contributed by atoms with van der Waals surface area (Å²) in [6, 6.07) is 18.2. The molecule has 4 nitrogen and oxygen atoms in total. The lowest BCUT2D eigenvalue weighted by molar-refractivity contribution is -0.123. The van der Waals surface area contributed by atoms with E-state index in [2.05, 4.69) is 0 Å². The van der Waals surface area contributed by atoms with E-state index in [-0.39, 0.29) is 30.1 Å². The smallest absolute Gasteiger partial charge is 0.293 e. The van der Waals surface area contributed by atoms with E-state index in [0.717, 1.165) is 27.8 Å². The standard InChI is InChI=1S/C24H16Cl2FNO3S/c25-18-7-6-17(21(26)12-18)13-28-23(29)22(32-24(28)30)11-16-2-1-3-20(10-16)31-14-15-4-8-19(27)9-5-15/h1-12H,13-14H2/b22-11+. The van der Waals surface area contributed by atoms with Gasteiger partial charge in [0.05, 0.1) is 11.4 Å². The zero-order valence-electron chi connectivity index (χ0n) is 16.6. The number of carbonyl (C=O) groups excluding carboxylic acids is 2. The summed E-state index contributed by atoms with van der Waals surface area (Å²) in [6.07, 6.45) is 1.65. The molecule has 1 heterocycles. The fraction of sp³-hybridized carbons (Fsp3) is 0.0833. The monoisotopic (exact) mass is 487 g/mol. The number of halogens is 3. The van der Waals surface area contributed by atoms with E-state index in [1.54, 1.807) is 54.6 Å². The summed E-state index contributed by atoms with van der Waals surface area (Å²) in [5.41, 5.74) is 2.19. The van der Waals surface area contributed by atoms with Crippen LogP contribution in [0.15, 0.2) is 71.6 Å². The molecule has 0 N–H and O–H groups in total. The van der Waals surface area contributed by atoms with E-state index in [9.17, 15) is 14.0 Å². The molecule has 1 aliphatic rings. The summed E-state index contributed by atoms with van der Waals surface area (Å²) in [5.74, 6) is -0.0954. The topological polar surface area (TPSA) is 46.6 Å². The lowest BCUT2D eigenvalue weighted by Crippen LogP contribution is -2.27. The van der Waals surface area contributed by atoms with Crippen molar-refractivity contribution < 1.29 is 18.7 Å². The molecule has 0 aliphatic carbocycles. The van der Waals surface area contributed by atoms with Gasteiger partial charge in [-0.25, -0.2) is 4.39 Å². The molecule has 0 bridgehead atoms. The number of amides is 2. The second-order valence-corrected chi connectivity index (χ2v) is 8.83. The molecule has 0 spiro atoms. The van der Waals surface area contributed by atoms with E-state index in [1.165, 1.54) is 12.1 Å². The number of imide groups is 1. The molecule has 8 heteroatoms. The number of thioether (sulfide) groups is 1. The molecule has 162 valence electrons. The van der Waals surface area contributed by atoms with E-state index in [1.807, 2.05) is 6.07 Å². The molecule has 3 aromatic rings. The van der Waals surface area contributed by atoms with E-state index >= 15 is 0 Å². The predicted molar refractivity (Wildman–Crippen MR) is 125 cm³/mol. The van der Waals surface area contributed by atoms with E-state index in [4.69, 9.17) is 27.9 Å². The van der Waals surface area contributed by atoms with Crippen molar-refractivity contribution >= 4 is 52.2 Å². The Labute approximate surface area is 198 Å². The van der Waals surface area contributed by atoms with Gasteiger partial charge in [0.25, 0.3) is 11.1 Å². The first-order valence-corrected chi connectivity index (χ1v) is 11.1. The van der Waals surface area contributed by atoms with Crippen molar-refractivity contribution in [1.82, 2.24) is 4.90 Å². The first-order chi connectivity index (χ1) is 15.4. The van der Waals surface area contributed by atoms with Crippen LogP contribution in [0.5, 0.6) is 5.75 Å². The fourth-order valence-corrected chi connectivity index (χ4v) is 4.36. The molecule has 0 radical (unpaired) electrons. The summed E-state index contributed by atoms with van der Waals surface area (Å²) in [4.78, 5) is 26.7. The Morgan fingerprint density at radius 1 is 1.00 bits per heavy atom. The SMILES string of the molecule is O=C1S/C(=C/c2cccc(OCc3ccc(F)cc3)c2)C(=O)N1Cc1ccc(Cl)cc1Cl. The van der Waals surface area contributed by atoms with Crippen LogP contribution >= 0.6 is 35.0 Å². The maximum atomic E-state index is 13.0. The number of hydrogen-bond acceptors (Lipinski definition) is 4. The molecular weight excluding hydrogens is 472 g/mol. The second kappa shape index (κ2) is 9.77. The van der Waals surface area contributed by atoms with Crippen LogP contribution in [-0.4, -0.2) is 16.0 Å². The maximum absolute atomic E-state index is 13.0. The van der Waals surface area contributed by atoms with Crippen molar-refractivity contribution in [2.45, 2.75) is 13.2 Å². The van der Waals surface area contributed by atoms with Gasteiger partial charge in [0.2, 0.25) is 0 Å². The minimum atomic E-state index is -0.386. The van der Waals surface area contributed by atoms with Crippen LogP contribution < -0.4 is 4.74 Å². The van der Waals surface area contributed by atoms with Gasteiger partial charge in [-0.1, -0.05) is 53.5 Å². The van der Waals surface area contributed by atoms with Crippen molar-refractivity contribution in [2.75, 3.05) is 0 Å². The van der Waals surface area contributed by atoms with E-state index < -0.39 is 0 Å². The van der Waals surface area contributed by atoms with Crippen molar-refractivity contribution in [3.8, 4) is 5.75 Å². The van der Waals surface area contributed by atoms with Crippen LogP contribution in [0, 0.1) is 5.82 Å². The molecular formula is C24H16Cl2FNO3S. The van der Waals surface area contributed by atoms with Crippen LogP contribution in [0.1, 0.15) is 16.7 Å². The van der Waals surface area contributed by atoms with E-state index in [0.29, 0.717) is 26.3 Å². The molecule has 0 atom stereocenters. The van der Waals surface area contributed by atoms with Gasteiger partial charge in [0.1, 0.15) is 18.2 Å². The van der Waals surface area contributed by atoms with Gasteiger partial charge >= 0.3 is 0 Å². The van der Waals surface area contributed by atoms with Gasteiger partial charge in [-0.2, -0.15) is 0 Å². The van der Waals surface area contributed by atoms with Crippen molar-refractivity contribution in [1.29, 1.82) is 0 Å². The molecule has 32 heavy (non-hydrogen) atoms. The minimum Gasteiger partial charge on any atom is -0.489 e. The number of hydrogen-bond donors (Lipinski definition) is 0. The van der Waals surface area contributed by atoms with Crippen molar-refractivity contribution in [3.63, 3.8) is 0 Å². The zero-order chi connectivity index (χ0) is 22.7. The molecule has 4 rings (SSSR count). The average Bonchev–Trinajstić information content (AvgIpc) is 3.02. The van der Waals surface area contributed by atoms with Crippen LogP contribution in [0.2, 0.25) is 10.0 Å². The summed E-state index contributed by atoms with van der Waals surface area (Å²) >= 11 is 13.0. The largest absolute Gasteiger partial charge is 0.489 e. The molecule has 0 aromatic heterocycles. The number of ether oxygens (including phenoxy) is 1. The molecule has 0 unspecified atom stereocenters. The highest BCUT2D eigenvalue weighted by Gasteiger charge is 2.35. The number of benzene rings is 3. The normalized spacial score (nSPS) is 15.0. The third-order valence-electron chi connectivity index (χ3n) is 4.69. The summed E-state index contributed by atoms with van der Waals surface area (Å²) in [5, 5.41) is 0.511. The molecule has 1 saturated heterocycles. The molecule has 3 aromatic carbocycles. The van der Waals surface area contributed by atoms with Crippen LogP contribution in [0.4, 0.5) is 9.18 Å². The summed E-state index contributed by atoms with van der Waals surface area (Å²) < 4.78 is 18.8. The minimum absolute atomic E-state index is 0.0683. The Balaban J connectivity index is 1.46. The highest BCUT2D eigenvalue weighted by Crippen LogP contribution is 2.35. The Bertz CT molecular complexity index is 1210. The summed E-state index contributed by atoms with van der Waals surface area (Å²) in [6.45, 7) is 0.348. The van der Waals surface area contributed by atoms with Gasteiger partial charge in [0.15, 0.2) is 0 Å². The highest BCUT2D eigenvalue weighted by atomic mass is 35.5. The first-order valence-electron chi connectivity index (χ1n) is 9.55. The van der Waals surface area contributed by atoms with Crippen LogP contribution in [0.25, 0.3) is 6.08 Å². The number of rotatable bonds is 6. The van der Waals surface area contributed by atoms with Gasteiger partial charge in [-0.15, -0.1) is 0 Å². The van der Waals surface area contributed by atoms with Gasteiger partial charge in [-0.3, -0.25) is 14.5 Å². The quantitative estimate of drug-likeness (QED) is 0.353. The van der Waals surface area contributed by atoms with Crippen LogP contribution in [0.3, 0.4) is 0 Å². The zero-order valence-corrected chi connectivity index (χ0v) is 18.9. The van der Waals surface area contributed by atoms with Gasteiger partial charge in [0, 0.05) is 10.0 Å². The Hall–Kier alpha value is -2.80. The lowest BCUT2D eigenvalue weighted by Gasteiger charge is -2.13. The van der Waals surface area contributed by atoms with Crippen molar-refractivity contribution in [2.24, 2.45) is 0 Å². The number of nitrogens with zero attached hydrogens (tertiary/aromatic N) is 1.